The summed E-state index contributed by atoms with van der Waals surface area (Å²) in [5.41, 5.74) is 1.08. The summed E-state index contributed by atoms with van der Waals surface area (Å²) in [6, 6.07) is 0.669. The zero-order chi connectivity index (χ0) is 14.7. The average molecular weight is 290 g/mol. The van der Waals surface area contributed by atoms with Crippen LogP contribution in [0.1, 0.15) is 38.2 Å². The predicted molar refractivity (Wildman–Crippen MR) is 83.9 cm³/mol. The van der Waals surface area contributed by atoms with E-state index in [1.54, 1.807) is 6.33 Å². The number of ether oxygens (including phenoxy) is 1. The Kier molecular flexibility index (Phi) is 4.58. The second-order valence-electron chi connectivity index (χ2n) is 6.14. The predicted octanol–water partition coefficient (Wildman–Crippen LogP) is 2.15. The van der Waals surface area contributed by atoms with Crippen LogP contribution in [-0.2, 0) is 0 Å². The number of anilines is 1. The summed E-state index contributed by atoms with van der Waals surface area (Å²) in [6.45, 7) is 8.14. The van der Waals surface area contributed by atoms with E-state index >= 15 is 0 Å². The number of nitrogens with one attached hydrogen (secondary N) is 1. The van der Waals surface area contributed by atoms with Gasteiger partial charge in [0.05, 0.1) is 12.2 Å². The van der Waals surface area contributed by atoms with Crippen molar-refractivity contribution in [1.29, 1.82) is 0 Å². The highest BCUT2D eigenvalue weighted by Crippen LogP contribution is 2.35. The van der Waals surface area contributed by atoms with Crippen molar-refractivity contribution in [2.75, 3.05) is 31.1 Å². The molecule has 0 atom stereocenters. The van der Waals surface area contributed by atoms with Crippen LogP contribution in [-0.4, -0.2) is 42.3 Å². The summed E-state index contributed by atoms with van der Waals surface area (Å²) in [6.07, 6.45) is 6.76. The van der Waals surface area contributed by atoms with Crippen LogP contribution in [0.15, 0.2) is 6.33 Å². The molecule has 0 unspecified atom stereocenters. The van der Waals surface area contributed by atoms with E-state index in [1.807, 2.05) is 6.92 Å². The number of hydrogen-bond donors (Lipinski definition) is 1. The molecule has 2 fully saturated rings. The van der Waals surface area contributed by atoms with E-state index in [9.17, 15) is 0 Å². The Balaban J connectivity index is 1.78. The molecule has 1 aromatic rings. The first kappa shape index (κ1) is 14.6. The number of nitrogens with zero attached hydrogens (tertiary/aromatic N) is 3. The van der Waals surface area contributed by atoms with Gasteiger partial charge in [-0.25, -0.2) is 9.97 Å². The van der Waals surface area contributed by atoms with E-state index in [0.29, 0.717) is 12.6 Å². The van der Waals surface area contributed by atoms with E-state index in [2.05, 4.69) is 27.1 Å². The Morgan fingerprint density at radius 1 is 1.24 bits per heavy atom. The topological polar surface area (TPSA) is 50.3 Å². The molecule has 3 rings (SSSR count). The minimum atomic E-state index is 0.648. The lowest BCUT2D eigenvalue weighted by atomic mass is 9.97. The first-order valence-electron chi connectivity index (χ1n) is 8.21. The Labute approximate surface area is 127 Å². The van der Waals surface area contributed by atoms with Crippen LogP contribution in [0, 0.1) is 12.8 Å². The largest absolute Gasteiger partial charge is 0.478 e. The fraction of sp³-hybridized carbons (Fsp3) is 0.750. The van der Waals surface area contributed by atoms with E-state index in [4.69, 9.17) is 4.74 Å². The SMILES string of the molecule is CCOc1ncnc(N(CC2CCNCC2)C2CC2)c1C. The highest BCUT2D eigenvalue weighted by molar-refractivity contribution is 5.52. The van der Waals surface area contributed by atoms with Gasteiger partial charge in [0.2, 0.25) is 5.88 Å². The molecule has 0 spiro atoms. The molecule has 116 valence electrons. The summed E-state index contributed by atoms with van der Waals surface area (Å²) >= 11 is 0. The molecule has 1 aliphatic carbocycles. The van der Waals surface area contributed by atoms with Gasteiger partial charge in [0, 0.05) is 12.6 Å². The van der Waals surface area contributed by atoms with Crippen molar-refractivity contribution < 1.29 is 4.74 Å². The third kappa shape index (κ3) is 3.46. The minimum absolute atomic E-state index is 0.648. The zero-order valence-corrected chi connectivity index (χ0v) is 13.1. The van der Waals surface area contributed by atoms with Gasteiger partial charge in [-0.1, -0.05) is 0 Å². The number of rotatable bonds is 6. The standard InChI is InChI=1S/C16H26N4O/c1-3-21-16-12(2)15(18-11-19-16)20(14-4-5-14)10-13-6-8-17-9-7-13/h11,13-14,17H,3-10H2,1-2H3. The molecule has 2 heterocycles. The molecule has 0 amide bonds. The van der Waals surface area contributed by atoms with Gasteiger partial charge in [0.25, 0.3) is 0 Å². The molecule has 0 bridgehead atoms. The van der Waals surface area contributed by atoms with Crippen molar-refractivity contribution in [3.05, 3.63) is 11.9 Å². The van der Waals surface area contributed by atoms with Crippen LogP contribution >= 0.6 is 0 Å². The minimum Gasteiger partial charge on any atom is -0.478 e. The maximum atomic E-state index is 5.63. The number of aromatic nitrogens is 2. The van der Waals surface area contributed by atoms with Crippen LogP contribution in [0.3, 0.4) is 0 Å². The molecule has 0 aromatic carbocycles. The van der Waals surface area contributed by atoms with E-state index < -0.39 is 0 Å². The maximum Gasteiger partial charge on any atom is 0.221 e. The van der Waals surface area contributed by atoms with Gasteiger partial charge in [0.1, 0.15) is 12.1 Å². The molecule has 5 heteroatoms. The Hall–Kier alpha value is -1.36. The van der Waals surface area contributed by atoms with Gasteiger partial charge in [0.15, 0.2) is 0 Å². The van der Waals surface area contributed by atoms with Crippen molar-refractivity contribution in [3.63, 3.8) is 0 Å². The molecule has 1 N–H and O–H groups in total. The fourth-order valence-electron chi connectivity index (χ4n) is 3.13. The highest BCUT2D eigenvalue weighted by atomic mass is 16.5. The second-order valence-corrected chi connectivity index (χ2v) is 6.14. The average Bonchev–Trinajstić information content (AvgIpc) is 3.33. The molecule has 1 saturated carbocycles. The maximum absolute atomic E-state index is 5.63. The lowest BCUT2D eigenvalue weighted by molar-refractivity contribution is 0.323. The quantitative estimate of drug-likeness (QED) is 0.870. The molecular formula is C16H26N4O. The van der Waals surface area contributed by atoms with Crippen LogP contribution < -0.4 is 15.0 Å². The van der Waals surface area contributed by atoms with Crippen LogP contribution in [0.4, 0.5) is 5.82 Å². The number of hydrogen-bond acceptors (Lipinski definition) is 5. The molecule has 21 heavy (non-hydrogen) atoms. The van der Waals surface area contributed by atoms with Crippen molar-refractivity contribution in [2.24, 2.45) is 5.92 Å². The Bertz CT molecular complexity index is 469. The van der Waals surface area contributed by atoms with Gasteiger partial charge in [-0.05, 0) is 58.5 Å². The van der Waals surface area contributed by atoms with Crippen molar-refractivity contribution in [3.8, 4) is 5.88 Å². The smallest absolute Gasteiger partial charge is 0.221 e. The van der Waals surface area contributed by atoms with E-state index in [0.717, 1.165) is 42.8 Å². The molecule has 2 aliphatic rings. The number of piperidine rings is 1. The fourth-order valence-corrected chi connectivity index (χ4v) is 3.13. The lowest BCUT2D eigenvalue weighted by Crippen LogP contribution is -2.38. The first-order chi connectivity index (χ1) is 10.3. The Morgan fingerprint density at radius 2 is 2.00 bits per heavy atom. The van der Waals surface area contributed by atoms with Crippen LogP contribution in [0.25, 0.3) is 0 Å². The molecule has 1 aromatic heterocycles. The summed E-state index contributed by atoms with van der Waals surface area (Å²) in [5, 5.41) is 3.45. The normalized spacial score (nSPS) is 19.5. The zero-order valence-electron chi connectivity index (χ0n) is 13.1. The summed E-state index contributed by atoms with van der Waals surface area (Å²) in [4.78, 5) is 11.3. The Morgan fingerprint density at radius 3 is 2.67 bits per heavy atom. The highest BCUT2D eigenvalue weighted by Gasteiger charge is 2.33. The van der Waals surface area contributed by atoms with Crippen molar-refractivity contribution in [2.45, 2.75) is 45.6 Å². The van der Waals surface area contributed by atoms with Gasteiger partial charge in [-0.2, -0.15) is 0 Å². The summed E-state index contributed by atoms with van der Waals surface area (Å²) in [7, 11) is 0. The van der Waals surface area contributed by atoms with Gasteiger partial charge >= 0.3 is 0 Å². The molecule has 1 saturated heterocycles. The molecular weight excluding hydrogens is 264 g/mol. The monoisotopic (exact) mass is 290 g/mol. The second kappa shape index (κ2) is 6.60. The summed E-state index contributed by atoms with van der Waals surface area (Å²) in [5.74, 6) is 2.59. The summed E-state index contributed by atoms with van der Waals surface area (Å²) < 4.78 is 5.63. The van der Waals surface area contributed by atoms with Gasteiger partial charge < -0.3 is 15.0 Å². The van der Waals surface area contributed by atoms with Gasteiger partial charge in [-0.15, -0.1) is 0 Å². The van der Waals surface area contributed by atoms with Crippen molar-refractivity contribution >= 4 is 5.82 Å². The van der Waals surface area contributed by atoms with E-state index in [-0.39, 0.29) is 0 Å². The molecule has 1 aliphatic heterocycles. The van der Waals surface area contributed by atoms with Gasteiger partial charge in [-0.3, -0.25) is 0 Å². The first-order valence-corrected chi connectivity index (χ1v) is 8.21. The third-order valence-electron chi connectivity index (χ3n) is 4.47. The lowest BCUT2D eigenvalue weighted by Gasteiger charge is -2.32. The van der Waals surface area contributed by atoms with Crippen LogP contribution in [0.5, 0.6) is 5.88 Å². The molecule has 0 radical (unpaired) electrons. The van der Waals surface area contributed by atoms with Crippen LogP contribution in [0.2, 0.25) is 0 Å². The van der Waals surface area contributed by atoms with Crippen molar-refractivity contribution in [1.82, 2.24) is 15.3 Å². The third-order valence-corrected chi connectivity index (χ3v) is 4.47. The van der Waals surface area contributed by atoms with E-state index in [1.165, 1.54) is 25.7 Å². The molecule has 5 nitrogen and oxygen atoms in total.